The number of para-hydroxylation sites is 1. The Morgan fingerprint density at radius 2 is 2.12 bits per heavy atom. The zero-order chi connectivity index (χ0) is 12.8. The maximum atomic E-state index is 13.6. The number of hydrogen-bond acceptors (Lipinski definition) is 2. The Morgan fingerprint density at radius 1 is 1.47 bits per heavy atom. The smallest absolute Gasteiger partial charge is 0.227 e. The average molecular weight is 238 g/mol. The summed E-state index contributed by atoms with van der Waals surface area (Å²) < 4.78 is 13.6. The van der Waals surface area contributed by atoms with Crippen molar-refractivity contribution in [2.24, 2.45) is 5.73 Å². The van der Waals surface area contributed by atoms with E-state index in [0.717, 1.165) is 0 Å². The van der Waals surface area contributed by atoms with Crippen LogP contribution in [0.5, 0.6) is 0 Å². The van der Waals surface area contributed by atoms with Gasteiger partial charge >= 0.3 is 0 Å². The van der Waals surface area contributed by atoms with E-state index in [0.29, 0.717) is 25.1 Å². The molecule has 2 N–H and O–H groups in total. The van der Waals surface area contributed by atoms with Gasteiger partial charge in [-0.25, -0.2) is 4.39 Å². The zero-order valence-corrected chi connectivity index (χ0v) is 10.3. The van der Waals surface area contributed by atoms with Crippen LogP contribution in [-0.2, 0) is 4.79 Å². The number of nitrogens with zero attached hydrogens (tertiary/aromatic N) is 1. The lowest BCUT2D eigenvalue weighted by atomic mass is 10.1. The van der Waals surface area contributed by atoms with Gasteiger partial charge in [0.1, 0.15) is 5.82 Å². The summed E-state index contributed by atoms with van der Waals surface area (Å²) in [6.07, 6.45) is 0.962. The van der Waals surface area contributed by atoms with Crippen molar-refractivity contribution in [3.8, 4) is 0 Å². The summed E-state index contributed by atoms with van der Waals surface area (Å²) >= 11 is 0. The minimum Gasteiger partial charge on any atom is -0.328 e. The van der Waals surface area contributed by atoms with Gasteiger partial charge in [0.25, 0.3) is 0 Å². The van der Waals surface area contributed by atoms with Crippen LogP contribution in [0.4, 0.5) is 10.1 Å². The van der Waals surface area contributed by atoms with Crippen molar-refractivity contribution in [1.29, 1.82) is 0 Å². The van der Waals surface area contributed by atoms with Gasteiger partial charge in [0, 0.05) is 19.0 Å². The molecule has 0 aliphatic rings. The van der Waals surface area contributed by atoms with Gasteiger partial charge in [0.2, 0.25) is 5.91 Å². The first-order valence-electron chi connectivity index (χ1n) is 5.86. The quantitative estimate of drug-likeness (QED) is 0.855. The number of hydrogen-bond donors (Lipinski definition) is 1. The summed E-state index contributed by atoms with van der Waals surface area (Å²) in [4.78, 5) is 13.4. The summed E-state index contributed by atoms with van der Waals surface area (Å²) in [7, 11) is 0. The van der Waals surface area contributed by atoms with E-state index in [4.69, 9.17) is 5.73 Å². The molecule has 0 saturated carbocycles. The number of anilines is 1. The Labute approximate surface area is 101 Å². The van der Waals surface area contributed by atoms with Crippen LogP contribution in [0.2, 0.25) is 0 Å². The Morgan fingerprint density at radius 3 is 2.65 bits per heavy atom. The third kappa shape index (κ3) is 3.82. The van der Waals surface area contributed by atoms with Gasteiger partial charge in [-0.1, -0.05) is 12.1 Å². The molecule has 1 unspecified atom stereocenters. The molecule has 0 aliphatic heterocycles. The molecular weight excluding hydrogens is 219 g/mol. The molecule has 1 atom stereocenters. The fourth-order valence-electron chi connectivity index (χ4n) is 1.64. The molecular formula is C13H19FN2O. The SMILES string of the molecule is CCN(C(=O)CCC(C)N)c1ccccc1F. The molecule has 0 aromatic heterocycles. The van der Waals surface area contributed by atoms with Crippen LogP contribution >= 0.6 is 0 Å². The average Bonchev–Trinajstić information content (AvgIpc) is 2.30. The first-order valence-corrected chi connectivity index (χ1v) is 5.86. The van der Waals surface area contributed by atoms with E-state index in [2.05, 4.69) is 0 Å². The van der Waals surface area contributed by atoms with E-state index in [-0.39, 0.29) is 17.8 Å². The third-order valence-corrected chi connectivity index (χ3v) is 2.57. The number of carbonyl (C=O) groups is 1. The van der Waals surface area contributed by atoms with Crippen molar-refractivity contribution in [2.75, 3.05) is 11.4 Å². The molecule has 17 heavy (non-hydrogen) atoms. The number of halogens is 1. The molecule has 3 nitrogen and oxygen atoms in total. The molecule has 0 fully saturated rings. The van der Waals surface area contributed by atoms with Crippen LogP contribution in [0, 0.1) is 5.82 Å². The second-order valence-corrected chi connectivity index (χ2v) is 4.11. The normalized spacial score (nSPS) is 12.2. The summed E-state index contributed by atoms with van der Waals surface area (Å²) in [6, 6.07) is 6.29. The number of carbonyl (C=O) groups excluding carboxylic acids is 1. The summed E-state index contributed by atoms with van der Waals surface area (Å²) in [5.41, 5.74) is 5.94. The van der Waals surface area contributed by atoms with Crippen LogP contribution in [-0.4, -0.2) is 18.5 Å². The number of benzene rings is 1. The number of amides is 1. The van der Waals surface area contributed by atoms with Crippen molar-refractivity contribution in [3.63, 3.8) is 0 Å². The predicted molar refractivity (Wildman–Crippen MR) is 67.3 cm³/mol. The highest BCUT2D eigenvalue weighted by molar-refractivity contribution is 5.93. The van der Waals surface area contributed by atoms with Gasteiger partial charge in [-0.15, -0.1) is 0 Å². The molecule has 1 aromatic carbocycles. The van der Waals surface area contributed by atoms with Gasteiger partial charge in [-0.05, 0) is 32.4 Å². The van der Waals surface area contributed by atoms with Crippen molar-refractivity contribution in [3.05, 3.63) is 30.1 Å². The highest BCUT2D eigenvalue weighted by Gasteiger charge is 2.16. The molecule has 1 amide bonds. The molecule has 4 heteroatoms. The topological polar surface area (TPSA) is 46.3 Å². The minimum absolute atomic E-state index is 0.0155. The lowest BCUT2D eigenvalue weighted by Gasteiger charge is -2.21. The highest BCUT2D eigenvalue weighted by Crippen LogP contribution is 2.19. The first-order chi connectivity index (χ1) is 8.06. The van der Waals surface area contributed by atoms with E-state index in [1.807, 2.05) is 13.8 Å². The Balaban J connectivity index is 2.78. The minimum atomic E-state index is -0.372. The highest BCUT2D eigenvalue weighted by atomic mass is 19.1. The molecule has 1 aromatic rings. The van der Waals surface area contributed by atoms with Crippen molar-refractivity contribution < 1.29 is 9.18 Å². The third-order valence-electron chi connectivity index (χ3n) is 2.57. The van der Waals surface area contributed by atoms with Crippen molar-refractivity contribution in [2.45, 2.75) is 32.7 Å². The lowest BCUT2D eigenvalue weighted by molar-refractivity contribution is -0.118. The van der Waals surface area contributed by atoms with Gasteiger partial charge in [0.15, 0.2) is 0 Å². The summed E-state index contributed by atoms with van der Waals surface area (Å²) in [6.45, 7) is 4.14. The van der Waals surface area contributed by atoms with Gasteiger partial charge in [0.05, 0.1) is 5.69 Å². The van der Waals surface area contributed by atoms with Crippen molar-refractivity contribution >= 4 is 11.6 Å². The first kappa shape index (κ1) is 13.6. The van der Waals surface area contributed by atoms with Crippen LogP contribution in [0.3, 0.4) is 0 Å². The van der Waals surface area contributed by atoms with E-state index < -0.39 is 0 Å². The zero-order valence-electron chi connectivity index (χ0n) is 10.3. The monoisotopic (exact) mass is 238 g/mol. The molecule has 0 radical (unpaired) electrons. The van der Waals surface area contributed by atoms with Crippen LogP contribution in [0.1, 0.15) is 26.7 Å². The molecule has 1 rings (SSSR count). The maximum absolute atomic E-state index is 13.6. The molecule has 0 heterocycles. The molecule has 0 spiro atoms. The summed E-state index contributed by atoms with van der Waals surface area (Å²) in [5, 5.41) is 0. The standard InChI is InChI=1S/C13H19FN2O/c1-3-16(13(17)9-8-10(2)15)12-7-5-4-6-11(12)14/h4-7,10H,3,8-9,15H2,1-2H3. The van der Waals surface area contributed by atoms with E-state index >= 15 is 0 Å². The summed E-state index contributed by atoms with van der Waals surface area (Å²) in [5.74, 6) is -0.460. The molecule has 94 valence electrons. The Bertz CT molecular complexity index is 379. The van der Waals surface area contributed by atoms with Gasteiger partial charge < -0.3 is 10.6 Å². The van der Waals surface area contributed by atoms with E-state index in [1.54, 1.807) is 18.2 Å². The molecule has 0 aliphatic carbocycles. The Hall–Kier alpha value is -1.42. The lowest BCUT2D eigenvalue weighted by Crippen LogP contribution is -2.32. The van der Waals surface area contributed by atoms with Crippen molar-refractivity contribution in [1.82, 2.24) is 0 Å². The van der Waals surface area contributed by atoms with E-state index in [9.17, 15) is 9.18 Å². The fourth-order valence-corrected chi connectivity index (χ4v) is 1.64. The van der Waals surface area contributed by atoms with E-state index in [1.165, 1.54) is 11.0 Å². The predicted octanol–water partition coefficient (Wildman–Crippen LogP) is 2.31. The second-order valence-electron chi connectivity index (χ2n) is 4.11. The Kier molecular flexibility index (Phi) is 5.10. The second kappa shape index (κ2) is 6.35. The molecule has 0 saturated heterocycles. The number of rotatable bonds is 5. The fraction of sp³-hybridized carbons (Fsp3) is 0.462. The largest absolute Gasteiger partial charge is 0.328 e. The molecule has 0 bridgehead atoms. The van der Waals surface area contributed by atoms with Crippen LogP contribution in [0.15, 0.2) is 24.3 Å². The van der Waals surface area contributed by atoms with Gasteiger partial charge in [-0.2, -0.15) is 0 Å². The number of nitrogens with two attached hydrogens (primary N) is 1. The maximum Gasteiger partial charge on any atom is 0.227 e. The van der Waals surface area contributed by atoms with Crippen LogP contribution in [0.25, 0.3) is 0 Å². The van der Waals surface area contributed by atoms with Crippen LogP contribution < -0.4 is 10.6 Å². The van der Waals surface area contributed by atoms with Gasteiger partial charge in [-0.3, -0.25) is 4.79 Å².